The van der Waals surface area contributed by atoms with Gasteiger partial charge in [-0.05, 0) is 61.7 Å². The van der Waals surface area contributed by atoms with Gasteiger partial charge < -0.3 is 9.80 Å². The molecule has 0 amide bonds. The van der Waals surface area contributed by atoms with Crippen LogP contribution in [0.2, 0.25) is 0 Å². The summed E-state index contributed by atoms with van der Waals surface area (Å²) in [6.45, 7) is 1.90. The summed E-state index contributed by atoms with van der Waals surface area (Å²) in [6.07, 6.45) is -3.73. The van der Waals surface area contributed by atoms with E-state index in [-0.39, 0.29) is 31.0 Å². The summed E-state index contributed by atoms with van der Waals surface area (Å²) in [6, 6.07) is 16.7. The highest BCUT2D eigenvalue weighted by Crippen LogP contribution is 2.32. The highest BCUT2D eigenvalue weighted by molar-refractivity contribution is 7.89. The van der Waals surface area contributed by atoms with Gasteiger partial charge in [0.15, 0.2) is 5.78 Å². The van der Waals surface area contributed by atoms with Gasteiger partial charge in [0.1, 0.15) is 16.5 Å². The summed E-state index contributed by atoms with van der Waals surface area (Å²) in [5.74, 6) is -1.26. The van der Waals surface area contributed by atoms with Crippen LogP contribution in [0.25, 0.3) is 11.3 Å². The van der Waals surface area contributed by atoms with E-state index < -0.39 is 38.5 Å². The molecule has 48 heavy (non-hydrogen) atoms. The van der Waals surface area contributed by atoms with Crippen LogP contribution in [0.5, 0.6) is 0 Å². The Morgan fingerprint density at radius 3 is 2.12 bits per heavy atom. The third-order valence-electron chi connectivity index (χ3n) is 8.66. The molecule has 8 nitrogen and oxygen atoms in total. The van der Waals surface area contributed by atoms with Crippen molar-refractivity contribution < 1.29 is 35.2 Å². The maximum absolute atomic E-state index is 14.4. The zero-order valence-corrected chi connectivity index (χ0v) is 26.5. The number of alkyl halides is 3. The van der Waals surface area contributed by atoms with Crippen molar-refractivity contribution >= 4 is 27.4 Å². The molecule has 0 spiro atoms. The Kier molecular flexibility index (Phi) is 9.48. The largest absolute Gasteiger partial charge is 0.416 e. The van der Waals surface area contributed by atoms with Crippen molar-refractivity contribution in [3.8, 4) is 11.3 Å². The van der Waals surface area contributed by atoms with Crippen LogP contribution >= 0.6 is 0 Å². The molecule has 3 heterocycles. The van der Waals surface area contributed by atoms with Crippen LogP contribution in [0.3, 0.4) is 0 Å². The molecule has 4 aromatic rings. The number of nitrogens with zero attached hydrogens (tertiary/aromatic N) is 5. The average molecular weight is 686 g/mol. The van der Waals surface area contributed by atoms with E-state index in [1.54, 1.807) is 24.3 Å². The van der Waals surface area contributed by atoms with Crippen molar-refractivity contribution in [1.29, 1.82) is 0 Å². The summed E-state index contributed by atoms with van der Waals surface area (Å²) in [4.78, 5) is 26.1. The lowest BCUT2D eigenvalue weighted by atomic mass is 10.0. The molecule has 0 aliphatic carbocycles. The molecule has 3 aromatic carbocycles. The molecule has 2 fully saturated rings. The summed E-state index contributed by atoms with van der Waals surface area (Å²) in [7, 11) is -4.25. The van der Waals surface area contributed by atoms with Crippen molar-refractivity contribution in [1.82, 2.24) is 14.3 Å². The van der Waals surface area contributed by atoms with Gasteiger partial charge >= 0.3 is 6.18 Å². The van der Waals surface area contributed by atoms with Crippen molar-refractivity contribution in [3.05, 3.63) is 102 Å². The Bertz CT molecular complexity index is 1900. The Balaban J connectivity index is 1.23. The first-order chi connectivity index (χ1) is 22.9. The van der Waals surface area contributed by atoms with E-state index in [9.17, 15) is 35.2 Å². The van der Waals surface area contributed by atoms with Gasteiger partial charge in [0.25, 0.3) is 0 Å². The number of carbonyl (C=O) groups excluding carboxylic acids is 1. The van der Waals surface area contributed by atoms with E-state index in [1.165, 1.54) is 36.4 Å². The van der Waals surface area contributed by atoms with Gasteiger partial charge in [0, 0.05) is 50.4 Å². The molecule has 252 valence electrons. The third kappa shape index (κ3) is 7.04. The number of benzene rings is 3. The molecule has 6 rings (SSSR count). The van der Waals surface area contributed by atoms with Gasteiger partial charge in [0.2, 0.25) is 16.0 Å². The third-order valence-corrected chi connectivity index (χ3v) is 10.6. The highest BCUT2D eigenvalue weighted by atomic mass is 32.2. The van der Waals surface area contributed by atoms with Crippen LogP contribution in [0.4, 0.5) is 33.6 Å². The topological polar surface area (TPSA) is 86.7 Å². The molecule has 2 saturated heterocycles. The fourth-order valence-electron chi connectivity index (χ4n) is 6.13. The number of hydrogen-bond donors (Lipinski definition) is 0. The quantitative estimate of drug-likeness (QED) is 0.196. The van der Waals surface area contributed by atoms with E-state index in [0.29, 0.717) is 67.6 Å². The average Bonchev–Trinajstić information content (AvgIpc) is 3.59. The summed E-state index contributed by atoms with van der Waals surface area (Å²) >= 11 is 0. The molecule has 2 aliphatic heterocycles. The Morgan fingerprint density at radius 1 is 0.812 bits per heavy atom. The second-order valence-electron chi connectivity index (χ2n) is 11.7. The second-order valence-corrected chi connectivity index (χ2v) is 13.6. The Hall–Kier alpha value is -4.43. The molecule has 14 heteroatoms. The van der Waals surface area contributed by atoms with Crippen LogP contribution in [0, 0.1) is 11.6 Å². The Labute approximate surface area is 274 Å². The van der Waals surface area contributed by atoms with Crippen molar-refractivity contribution in [2.75, 3.05) is 42.5 Å². The maximum atomic E-state index is 14.4. The molecule has 0 unspecified atom stereocenters. The lowest BCUT2D eigenvalue weighted by Gasteiger charge is -2.36. The van der Waals surface area contributed by atoms with Gasteiger partial charge in [-0.1, -0.05) is 36.4 Å². The van der Waals surface area contributed by atoms with Crippen molar-refractivity contribution in [2.45, 2.75) is 42.8 Å². The van der Waals surface area contributed by atoms with Gasteiger partial charge in [-0.25, -0.2) is 27.2 Å². The number of rotatable bonds is 9. The zero-order chi connectivity index (χ0) is 34.1. The number of aryl methyl sites for hydroxylation is 1. The lowest BCUT2D eigenvalue weighted by molar-refractivity contribution is -0.137. The minimum Gasteiger partial charge on any atom is -0.366 e. The molecule has 0 radical (unpaired) electrons. The van der Waals surface area contributed by atoms with Crippen LogP contribution in [0.15, 0.2) is 83.8 Å². The standard InChI is InChI=1S/C34H32F5N5O3S/c35-26-6-1-3-8-29(26)42-18-20-43(21-19-42)33-40-25(22-28(41-33)23-11-13-24(14-12-23)34(37,38)39)15-16-31(45)30-9-5-17-44(30)48(46,47)32-10-4-2-7-27(32)36/h1-4,6-8,10-14,22,30H,5,9,15-21H2/t30-/m0/s1. The molecular formula is C34H32F5N5O3S. The minimum absolute atomic E-state index is 0.0715. The number of anilines is 2. The second kappa shape index (κ2) is 13.6. The van der Waals surface area contributed by atoms with Gasteiger partial charge in [-0.3, -0.25) is 4.79 Å². The first kappa shape index (κ1) is 33.5. The summed E-state index contributed by atoms with van der Waals surface area (Å²) in [5, 5.41) is 0. The lowest BCUT2D eigenvalue weighted by Crippen LogP contribution is -2.47. The molecular weight excluding hydrogens is 653 g/mol. The van der Waals surface area contributed by atoms with E-state index >= 15 is 0 Å². The zero-order valence-electron chi connectivity index (χ0n) is 25.7. The molecule has 0 N–H and O–H groups in total. The normalized spacial score (nSPS) is 17.6. The Morgan fingerprint density at radius 2 is 1.46 bits per heavy atom. The smallest absolute Gasteiger partial charge is 0.366 e. The van der Waals surface area contributed by atoms with Gasteiger partial charge in [0.05, 0.1) is 23.0 Å². The number of aromatic nitrogens is 2. The minimum atomic E-state index is -4.51. The van der Waals surface area contributed by atoms with Crippen LogP contribution in [0.1, 0.15) is 30.5 Å². The first-order valence-corrected chi connectivity index (χ1v) is 16.9. The highest BCUT2D eigenvalue weighted by Gasteiger charge is 2.40. The van der Waals surface area contributed by atoms with Crippen LogP contribution in [-0.4, -0.2) is 67.2 Å². The number of halogens is 5. The van der Waals surface area contributed by atoms with Gasteiger partial charge in [-0.15, -0.1) is 0 Å². The van der Waals surface area contributed by atoms with E-state index in [4.69, 9.17) is 0 Å². The maximum Gasteiger partial charge on any atom is 0.416 e. The van der Waals surface area contributed by atoms with E-state index in [0.717, 1.165) is 22.5 Å². The number of sulfonamides is 1. The van der Waals surface area contributed by atoms with Crippen molar-refractivity contribution in [2.24, 2.45) is 0 Å². The van der Waals surface area contributed by atoms with E-state index in [1.807, 2.05) is 9.80 Å². The SMILES string of the molecule is O=C(CCc1cc(-c2ccc(C(F)(F)F)cc2)nc(N2CCN(c3ccccc3F)CC2)n1)[C@@H]1CCCN1S(=O)(=O)c1ccccc1F. The molecule has 1 aromatic heterocycles. The van der Waals surface area contributed by atoms with Crippen molar-refractivity contribution in [3.63, 3.8) is 0 Å². The molecule has 0 saturated carbocycles. The van der Waals surface area contributed by atoms with Crippen LogP contribution in [-0.2, 0) is 27.4 Å². The first-order valence-electron chi connectivity index (χ1n) is 15.5. The number of hydrogen-bond acceptors (Lipinski definition) is 7. The monoisotopic (exact) mass is 685 g/mol. The van der Waals surface area contributed by atoms with Crippen LogP contribution < -0.4 is 9.80 Å². The predicted molar refractivity (Wildman–Crippen MR) is 170 cm³/mol. The number of para-hydroxylation sites is 1. The predicted octanol–water partition coefficient (Wildman–Crippen LogP) is 6.12. The fourth-order valence-corrected chi connectivity index (χ4v) is 7.88. The number of piperazine rings is 1. The summed E-state index contributed by atoms with van der Waals surface area (Å²) < 4.78 is 96.2. The molecule has 1 atom stereocenters. The molecule has 2 aliphatic rings. The number of ketones is 1. The van der Waals surface area contributed by atoms with Gasteiger partial charge in [-0.2, -0.15) is 17.5 Å². The van der Waals surface area contributed by atoms with E-state index in [2.05, 4.69) is 9.97 Å². The fraction of sp³-hybridized carbons (Fsp3) is 0.324. The number of Topliss-reactive ketones (excluding diaryl/α,β-unsaturated/α-hetero) is 1. The number of carbonyl (C=O) groups is 1. The summed E-state index contributed by atoms with van der Waals surface area (Å²) in [5.41, 5.74) is 0.900. The molecule has 0 bridgehead atoms.